The number of aliphatic hydroxyl groups excluding tert-OH is 1. The van der Waals surface area contributed by atoms with Crippen molar-refractivity contribution in [1.29, 1.82) is 0 Å². The lowest BCUT2D eigenvalue weighted by Crippen LogP contribution is -2.05. The van der Waals surface area contributed by atoms with Crippen LogP contribution in [0.5, 0.6) is 5.75 Å². The van der Waals surface area contributed by atoms with Crippen molar-refractivity contribution in [2.45, 2.75) is 18.2 Å². The molecule has 0 aliphatic carbocycles. The number of benzene rings is 1. The Hall–Kier alpha value is -2.03. The van der Waals surface area contributed by atoms with Crippen molar-refractivity contribution in [2.24, 2.45) is 0 Å². The second kappa shape index (κ2) is 10.8. The van der Waals surface area contributed by atoms with Crippen LogP contribution in [0.1, 0.15) is 23.7 Å². The van der Waals surface area contributed by atoms with E-state index in [1.165, 1.54) is 25.1 Å². The number of hydrogen-bond acceptors (Lipinski definition) is 8. The van der Waals surface area contributed by atoms with Crippen molar-refractivity contribution in [1.82, 2.24) is 4.98 Å². The zero-order valence-corrected chi connectivity index (χ0v) is 15.9. The number of nitrogens with zero attached hydrogens (tertiary/aromatic N) is 1. The number of rotatable bonds is 10. The number of nitrogens with one attached hydrogen (secondary N) is 1. The third-order valence-corrected chi connectivity index (χ3v) is 4.79. The van der Waals surface area contributed by atoms with Crippen molar-refractivity contribution >= 4 is 40.4 Å². The van der Waals surface area contributed by atoms with Gasteiger partial charge < -0.3 is 14.6 Å². The Kier molecular flexibility index (Phi) is 8.46. The van der Waals surface area contributed by atoms with Gasteiger partial charge in [0.2, 0.25) is 0 Å². The number of pyridine rings is 1. The van der Waals surface area contributed by atoms with Gasteiger partial charge in [0.25, 0.3) is 0 Å². The zero-order chi connectivity index (χ0) is 18.8. The van der Waals surface area contributed by atoms with Crippen LogP contribution in [0.25, 0.3) is 0 Å². The molecule has 8 heteroatoms. The highest BCUT2D eigenvalue weighted by molar-refractivity contribution is 8.14. The molecule has 2 N–H and O–H groups in total. The maximum Gasteiger partial charge on any atom is 0.186 e. The zero-order valence-electron chi connectivity index (χ0n) is 14.3. The van der Waals surface area contributed by atoms with Gasteiger partial charge in [-0.1, -0.05) is 11.8 Å². The SMILES string of the molecule is CC(=O)SCC(=O)c1ccc(NSc2ccc(OCCCO)cc2)nc1. The van der Waals surface area contributed by atoms with Gasteiger partial charge >= 0.3 is 0 Å². The monoisotopic (exact) mass is 392 g/mol. The van der Waals surface area contributed by atoms with Crippen LogP contribution in [0.4, 0.5) is 5.82 Å². The number of thioether (sulfide) groups is 1. The summed E-state index contributed by atoms with van der Waals surface area (Å²) >= 11 is 2.39. The second-order valence-electron chi connectivity index (χ2n) is 5.24. The Balaban J connectivity index is 1.82. The molecule has 0 amide bonds. The van der Waals surface area contributed by atoms with Gasteiger partial charge in [-0.3, -0.25) is 9.59 Å². The molecular formula is C18H20N2O4S2. The number of ketones is 1. The number of aromatic nitrogens is 1. The molecule has 0 radical (unpaired) electrons. The minimum absolute atomic E-state index is 0.0780. The van der Waals surface area contributed by atoms with E-state index in [-0.39, 0.29) is 23.3 Å². The standard InChI is InChI=1S/C18H20N2O4S2/c1-13(22)25-12-17(23)14-3-8-18(19-11-14)20-26-16-6-4-15(5-7-16)24-10-2-9-21/h3-8,11,21H,2,9-10,12H2,1H3,(H,19,20). The van der Waals surface area contributed by atoms with E-state index in [1.54, 1.807) is 12.1 Å². The average molecular weight is 393 g/mol. The molecule has 0 saturated carbocycles. The summed E-state index contributed by atoms with van der Waals surface area (Å²) < 4.78 is 8.59. The highest BCUT2D eigenvalue weighted by Crippen LogP contribution is 2.23. The van der Waals surface area contributed by atoms with E-state index < -0.39 is 0 Å². The molecular weight excluding hydrogens is 372 g/mol. The lowest BCUT2D eigenvalue weighted by molar-refractivity contribution is -0.109. The first-order valence-corrected chi connectivity index (χ1v) is 9.78. The first-order valence-electron chi connectivity index (χ1n) is 7.97. The molecule has 2 rings (SSSR count). The molecule has 0 saturated heterocycles. The summed E-state index contributed by atoms with van der Waals surface area (Å²) in [7, 11) is 0. The average Bonchev–Trinajstić information content (AvgIpc) is 2.66. The number of Topliss-reactive ketones (excluding diaryl/α,β-unsaturated/α-hetero) is 1. The Bertz CT molecular complexity index is 721. The van der Waals surface area contributed by atoms with Crippen molar-refractivity contribution in [3.63, 3.8) is 0 Å². The Labute approximate surface area is 160 Å². The van der Waals surface area contributed by atoms with E-state index in [0.717, 1.165) is 22.4 Å². The second-order valence-corrected chi connectivity index (χ2v) is 7.27. The van der Waals surface area contributed by atoms with Crippen LogP contribution in [0.15, 0.2) is 47.5 Å². The smallest absolute Gasteiger partial charge is 0.186 e. The fourth-order valence-electron chi connectivity index (χ4n) is 1.84. The molecule has 0 bridgehead atoms. The summed E-state index contributed by atoms with van der Waals surface area (Å²) in [5, 5.41) is 8.65. The minimum Gasteiger partial charge on any atom is -0.494 e. The quantitative estimate of drug-likeness (QED) is 0.361. The molecule has 0 unspecified atom stereocenters. The molecule has 6 nitrogen and oxygen atoms in total. The van der Waals surface area contributed by atoms with Gasteiger partial charge in [-0.25, -0.2) is 4.98 Å². The normalized spacial score (nSPS) is 10.4. The predicted molar refractivity (Wildman–Crippen MR) is 105 cm³/mol. The third kappa shape index (κ3) is 7.07. The van der Waals surface area contributed by atoms with E-state index in [2.05, 4.69) is 9.71 Å². The molecule has 1 aromatic heterocycles. The molecule has 0 fully saturated rings. The van der Waals surface area contributed by atoms with Gasteiger partial charge in [0, 0.05) is 36.6 Å². The lowest BCUT2D eigenvalue weighted by atomic mass is 10.2. The van der Waals surface area contributed by atoms with Crippen LogP contribution in [-0.2, 0) is 4.79 Å². The fourth-order valence-corrected chi connectivity index (χ4v) is 2.96. The van der Waals surface area contributed by atoms with Crippen LogP contribution in [-0.4, -0.2) is 40.0 Å². The number of anilines is 1. The topological polar surface area (TPSA) is 88.5 Å². The molecule has 0 atom stereocenters. The molecule has 0 aliphatic heterocycles. The maximum absolute atomic E-state index is 11.9. The van der Waals surface area contributed by atoms with Gasteiger partial charge in [-0.05, 0) is 48.3 Å². The molecule has 26 heavy (non-hydrogen) atoms. The number of aliphatic hydroxyl groups is 1. The first-order chi connectivity index (χ1) is 12.6. The minimum atomic E-state index is -0.117. The van der Waals surface area contributed by atoms with Crippen LogP contribution in [0, 0.1) is 0 Å². The largest absolute Gasteiger partial charge is 0.494 e. The van der Waals surface area contributed by atoms with Crippen molar-refractivity contribution < 1.29 is 19.4 Å². The summed E-state index contributed by atoms with van der Waals surface area (Å²) in [6.07, 6.45) is 2.11. The van der Waals surface area contributed by atoms with Crippen molar-refractivity contribution in [2.75, 3.05) is 23.7 Å². The van der Waals surface area contributed by atoms with Crippen molar-refractivity contribution in [3.8, 4) is 5.75 Å². The lowest BCUT2D eigenvalue weighted by Gasteiger charge is -2.07. The van der Waals surface area contributed by atoms with Crippen LogP contribution in [0.3, 0.4) is 0 Å². The van der Waals surface area contributed by atoms with E-state index in [9.17, 15) is 9.59 Å². The summed E-state index contributed by atoms with van der Waals surface area (Å²) in [6.45, 7) is 2.04. The molecule has 0 aliphatic rings. The van der Waals surface area contributed by atoms with E-state index in [4.69, 9.17) is 9.84 Å². The highest BCUT2D eigenvalue weighted by atomic mass is 32.2. The summed E-state index contributed by atoms with van der Waals surface area (Å²) in [5.41, 5.74) is 0.485. The summed E-state index contributed by atoms with van der Waals surface area (Å²) in [5.74, 6) is 1.40. The Morgan fingerprint density at radius 3 is 2.58 bits per heavy atom. The van der Waals surface area contributed by atoms with Crippen LogP contribution < -0.4 is 9.46 Å². The molecule has 2 aromatic rings. The first kappa shape index (κ1) is 20.3. The number of ether oxygens (including phenoxy) is 1. The van der Waals surface area contributed by atoms with E-state index in [1.807, 2.05) is 24.3 Å². The Morgan fingerprint density at radius 1 is 1.19 bits per heavy atom. The van der Waals surface area contributed by atoms with Gasteiger partial charge in [0.05, 0.1) is 12.4 Å². The van der Waals surface area contributed by atoms with Gasteiger partial charge in [-0.2, -0.15) is 0 Å². The van der Waals surface area contributed by atoms with Crippen LogP contribution >= 0.6 is 23.7 Å². The van der Waals surface area contributed by atoms with Gasteiger partial charge in [0.15, 0.2) is 10.9 Å². The molecule has 138 valence electrons. The maximum atomic E-state index is 11.9. The number of carbonyl (C=O) groups is 2. The molecule has 1 heterocycles. The van der Waals surface area contributed by atoms with E-state index >= 15 is 0 Å². The van der Waals surface area contributed by atoms with Gasteiger partial charge in [-0.15, -0.1) is 0 Å². The fraction of sp³-hybridized carbons (Fsp3) is 0.278. The van der Waals surface area contributed by atoms with Gasteiger partial charge in [0.1, 0.15) is 11.6 Å². The molecule has 1 aromatic carbocycles. The summed E-state index contributed by atoms with van der Waals surface area (Å²) in [6, 6.07) is 11.0. The Morgan fingerprint density at radius 2 is 1.96 bits per heavy atom. The third-order valence-electron chi connectivity index (χ3n) is 3.16. The highest BCUT2D eigenvalue weighted by Gasteiger charge is 2.08. The predicted octanol–water partition coefficient (Wildman–Crippen LogP) is 3.42. The number of hydrogen-bond donors (Lipinski definition) is 2. The van der Waals surface area contributed by atoms with E-state index in [0.29, 0.717) is 24.4 Å². The van der Waals surface area contributed by atoms with Crippen molar-refractivity contribution in [3.05, 3.63) is 48.2 Å². The number of carbonyl (C=O) groups excluding carboxylic acids is 2. The van der Waals surface area contributed by atoms with Crippen LogP contribution in [0.2, 0.25) is 0 Å². The summed E-state index contributed by atoms with van der Waals surface area (Å²) in [4.78, 5) is 28.0. The molecule has 0 spiro atoms.